The highest BCUT2D eigenvalue weighted by molar-refractivity contribution is 4.90. The minimum absolute atomic E-state index is 0.368. The van der Waals surface area contributed by atoms with Crippen molar-refractivity contribution in [1.82, 2.24) is 0 Å². The van der Waals surface area contributed by atoms with Gasteiger partial charge in [-0.15, -0.1) is 0 Å². The quantitative estimate of drug-likeness (QED) is 0.698. The molecule has 0 aromatic carbocycles. The lowest BCUT2D eigenvalue weighted by Gasteiger charge is -2.42. The van der Waals surface area contributed by atoms with Crippen LogP contribution in [-0.4, -0.2) is 10.7 Å². The molecule has 13 heavy (non-hydrogen) atoms. The van der Waals surface area contributed by atoms with Crippen LogP contribution in [0.15, 0.2) is 0 Å². The number of aliphatic hydroxyl groups is 1. The third kappa shape index (κ3) is 2.25. The molecule has 1 saturated carbocycles. The Balaban J connectivity index is 2.63. The first-order valence-corrected chi connectivity index (χ1v) is 5.72. The summed E-state index contributed by atoms with van der Waals surface area (Å²) < 4.78 is 0. The molecular weight excluding hydrogens is 160 g/mol. The molecule has 0 heterocycles. The zero-order valence-corrected chi connectivity index (χ0v) is 9.51. The molecule has 1 aliphatic carbocycles. The number of hydrogen-bond donors (Lipinski definition) is 1. The second-order valence-electron chi connectivity index (χ2n) is 5.14. The van der Waals surface area contributed by atoms with E-state index in [1.165, 1.54) is 12.8 Å². The first kappa shape index (κ1) is 11.0. The zero-order chi connectivity index (χ0) is 10.1. The molecule has 1 heteroatoms. The lowest BCUT2D eigenvalue weighted by atomic mass is 9.67. The molecule has 3 atom stereocenters. The fraction of sp³-hybridized carbons (Fsp3) is 1.00. The van der Waals surface area contributed by atoms with E-state index >= 15 is 0 Å². The normalized spacial score (nSPS) is 41.1. The summed E-state index contributed by atoms with van der Waals surface area (Å²) in [6, 6.07) is 0. The molecule has 0 aliphatic heterocycles. The van der Waals surface area contributed by atoms with Crippen molar-refractivity contribution in [3.05, 3.63) is 0 Å². The Hall–Kier alpha value is -0.0400. The molecule has 0 aromatic heterocycles. The molecular formula is C12H24O. The van der Waals surface area contributed by atoms with Gasteiger partial charge in [-0.2, -0.15) is 0 Å². The maximum Gasteiger partial charge on any atom is 0.0673 e. The van der Waals surface area contributed by atoms with Crippen LogP contribution in [0.2, 0.25) is 0 Å². The Bertz CT molecular complexity index is 165. The summed E-state index contributed by atoms with van der Waals surface area (Å²) in [5.74, 6) is 1.96. The highest BCUT2D eigenvalue weighted by atomic mass is 16.3. The maximum absolute atomic E-state index is 10.4. The summed E-state index contributed by atoms with van der Waals surface area (Å²) in [5, 5.41) is 10.4. The molecule has 0 amide bonds. The Kier molecular flexibility index (Phi) is 3.39. The van der Waals surface area contributed by atoms with E-state index in [-0.39, 0.29) is 5.60 Å². The first-order chi connectivity index (χ1) is 5.99. The SMILES string of the molecule is CC[C@]1(O)C[C@@H](C(C)C)CC[C@H]1C. The molecule has 1 rings (SSSR count). The Morgan fingerprint density at radius 1 is 1.38 bits per heavy atom. The van der Waals surface area contributed by atoms with Crippen molar-refractivity contribution >= 4 is 0 Å². The predicted octanol–water partition coefficient (Wildman–Crippen LogP) is 3.22. The van der Waals surface area contributed by atoms with Crippen molar-refractivity contribution in [1.29, 1.82) is 0 Å². The van der Waals surface area contributed by atoms with Gasteiger partial charge in [-0.1, -0.05) is 27.7 Å². The van der Waals surface area contributed by atoms with Crippen molar-refractivity contribution in [3.63, 3.8) is 0 Å². The molecule has 1 nitrogen and oxygen atoms in total. The molecule has 0 aromatic rings. The van der Waals surface area contributed by atoms with Gasteiger partial charge < -0.3 is 5.11 Å². The van der Waals surface area contributed by atoms with Crippen molar-refractivity contribution < 1.29 is 5.11 Å². The fourth-order valence-electron chi connectivity index (χ4n) is 2.55. The minimum Gasteiger partial charge on any atom is -0.390 e. The monoisotopic (exact) mass is 184 g/mol. The standard InChI is InChI=1S/C12H24O/c1-5-12(13)8-11(9(2)3)7-6-10(12)4/h9-11,13H,5-8H2,1-4H3/t10-,11+,12+/m1/s1. The molecule has 0 saturated heterocycles. The Labute approximate surface area is 82.5 Å². The molecule has 0 radical (unpaired) electrons. The van der Waals surface area contributed by atoms with Gasteiger partial charge in [0.15, 0.2) is 0 Å². The second-order valence-corrected chi connectivity index (χ2v) is 5.14. The summed E-state index contributed by atoms with van der Waals surface area (Å²) in [6.45, 7) is 8.85. The first-order valence-electron chi connectivity index (χ1n) is 5.72. The van der Waals surface area contributed by atoms with Crippen molar-refractivity contribution in [2.45, 2.75) is 59.0 Å². The average Bonchev–Trinajstić information content (AvgIpc) is 2.09. The largest absolute Gasteiger partial charge is 0.390 e. The average molecular weight is 184 g/mol. The van der Waals surface area contributed by atoms with Gasteiger partial charge in [0.25, 0.3) is 0 Å². The Morgan fingerprint density at radius 2 is 2.00 bits per heavy atom. The highest BCUT2D eigenvalue weighted by Crippen LogP contribution is 2.41. The number of rotatable bonds is 2. The van der Waals surface area contributed by atoms with Gasteiger partial charge in [0.1, 0.15) is 0 Å². The lowest BCUT2D eigenvalue weighted by Crippen LogP contribution is -2.42. The summed E-state index contributed by atoms with van der Waals surface area (Å²) >= 11 is 0. The van der Waals surface area contributed by atoms with E-state index in [9.17, 15) is 5.11 Å². The van der Waals surface area contributed by atoms with Crippen LogP contribution in [0, 0.1) is 17.8 Å². The summed E-state index contributed by atoms with van der Waals surface area (Å²) in [6.07, 6.45) is 4.44. The van der Waals surface area contributed by atoms with Gasteiger partial charge in [-0.3, -0.25) is 0 Å². The minimum atomic E-state index is -0.368. The van der Waals surface area contributed by atoms with E-state index in [0.717, 1.165) is 24.7 Å². The maximum atomic E-state index is 10.4. The van der Waals surface area contributed by atoms with Crippen molar-refractivity contribution in [2.75, 3.05) is 0 Å². The molecule has 1 aliphatic rings. The van der Waals surface area contributed by atoms with E-state index in [4.69, 9.17) is 0 Å². The predicted molar refractivity (Wildman–Crippen MR) is 56.6 cm³/mol. The third-order valence-electron chi connectivity index (χ3n) is 4.06. The summed E-state index contributed by atoms with van der Waals surface area (Å²) in [7, 11) is 0. The third-order valence-corrected chi connectivity index (χ3v) is 4.06. The van der Waals surface area contributed by atoms with E-state index in [0.29, 0.717) is 5.92 Å². The molecule has 0 bridgehead atoms. The molecule has 1 N–H and O–H groups in total. The van der Waals surface area contributed by atoms with Crippen LogP contribution in [0.1, 0.15) is 53.4 Å². The molecule has 1 fully saturated rings. The van der Waals surface area contributed by atoms with Gasteiger partial charge in [0, 0.05) is 0 Å². The van der Waals surface area contributed by atoms with Crippen molar-refractivity contribution in [3.8, 4) is 0 Å². The highest BCUT2D eigenvalue weighted by Gasteiger charge is 2.39. The summed E-state index contributed by atoms with van der Waals surface area (Å²) in [5.41, 5.74) is -0.368. The van der Waals surface area contributed by atoms with Crippen LogP contribution in [0.4, 0.5) is 0 Å². The van der Waals surface area contributed by atoms with E-state index < -0.39 is 0 Å². The van der Waals surface area contributed by atoms with Crippen LogP contribution in [-0.2, 0) is 0 Å². The smallest absolute Gasteiger partial charge is 0.0673 e. The van der Waals surface area contributed by atoms with Gasteiger partial charge in [-0.25, -0.2) is 0 Å². The van der Waals surface area contributed by atoms with E-state index in [1.54, 1.807) is 0 Å². The van der Waals surface area contributed by atoms with E-state index in [2.05, 4.69) is 27.7 Å². The molecule has 0 unspecified atom stereocenters. The van der Waals surface area contributed by atoms with Crippen LogP contribution >= 0.6 is 0 Å². The van der Waals surface area contributed by atoms with Gasteiger partial charge in [0.05, 0.1) is 5.60 Å². The van der Waals surface area contributed by atoms with Crippen molar-refractivity contribution in [2.24, 2.45) is 17.8 Å². The Morgan fingerprint density at radius 3 is 2.46 bits per heavy atom. The van der Waals surface area contributed by atoms with Crippen LogP contribution in [0.5, 0.6) is 0 Å². The lowest BCUT2D eigenvalue weighted by molar-refractivity contribution is -0.0688. The van der Waals surface area contributed by atoms with Gasteiger partial charge >= 0.3 is 0 Å². The number of hydrogen-bond acceptors (Lipinski definition) is 1. The molecule has 0 spiro atoms. The topological polar surface area (TPSA) is 20.2 Å². The molecule has 78 valence electrons. The van der Waals surface area contributed by atoms with Crippen LogP contribution < -0.4 is 0 Å². The summed E-state index contributed by atoms with van der Waals surface area (Å²) in [4.78, 5) is 0. The zero-order valence-electron chi connectivity index (χ0n) is 9.51. The van der Waals surface area contributed by atoms with E-state index in [1.807, 2.05) is 0 Å². The fourth-order valence-corrected chi connectivity index (χ4v) is 2.55. The second kappa shape index (κ2) is 4.00. The van der Waals surface area contributed by atoms with Gasteiger partial charge in [-0.05, 0) is 43.4 Å². The van der Waals surface area contributed by atoms with Crippen LogP contribution in [0.3, 0.4) is 0 Å². The van der Waals surface area contributed by atoms with Crippen LogP contribution in [0.25, 0.3) is 0 Å². The van der Waals surface area contributed by atoms with Gasteiger partial charge in [0.2, 0.25) is 0 Å².